The molecular formula is C16H26N2O. The van der Waals surface area contributed by atoms with Gasteiger partial charge in [-0.15, -0.1) is 0 Å². The number of morpholine rings is 1. The first-order valence-corrected chi connectivity index (χ1v) is 7.10. The van der Waals surface area contributed by atoms with Crippen LogP contribution in [0.25, 0.3) is 0 Å². The van der Waals surface area contributed by atoms with Gasteiger partial charge < -0.3 is 10.5 Å². The fourth-order valence-electron chi connectivity index (χ4n) is 3.00. The molecule has 0 spiro atoms. The van der Waals surface area contributed by atoms with E-state index in [1.54, 1.807) is 0 Å². The van der Waals surface area contributed by atoms with Crippen molar-refractivity contribution in [2.45, 2.75) is 45.3 Å². The summed E-state index contributed by atoms with van der Waals surface area (Å²) in [5.74, 6) is 0. The molecule has 2 unspecified atom stereocenters. The fourth-order valence-corrected chi connectivity index (χ4v) is 3.00. The number of nitrogens with zero attached hydrogens (tertiary/aromatic N) is 1. The summed E-state index contributed by atoms with van der Waals surface area (Å²) in [5.41, 5.74) is 8.06. The highest BCUT2D eigenvalue weighted by atomic mass is 16.5. The molecule has 2 N–H and O–H groups in total. The molecule has 3 nitrogen and oxygen atoms in total. The smallest absolute Gasteiger partial charge is 0.0678 e. The zero-order valence-electron chi connectivity index (χ0n) is 12.5. The third kappa shape index (κ3) is 3.71. The Labute approximate surface area is 116 Å². The van der Waals surface area contributed by atoms with Crippen LogP contribution in [0.4, 0.5) is 5.69 Å². The second-order valence-corrected chi connectivity index (χ2v) is 6.46. The van der Waals surface area contributed by atoms with Crippen LogP contribution in [0.15, 0.2) is 24.3 Å². The molecule has 0 aliphatic carbocycles. The number of anilines is 1. The first-order chi connectivity index (χ1) is 8.87. The number of hydrogen-bond donors (Lipinski definition) is 1. The van der Waals surface area contributed by atoms with E-state index < -0.39 is 0 Å². The first kappa shape index (κ1) is 14.4. The van der Waals surface area contributed by atoms with E-state index in [4.69, 9.17) is 10.5 Å². The summed E-state index contributed by atoms with van der Waals surface area (Å²) >= 11 is 0. The van der Waals surface area contributed by atoms with Gasteiger partial charge in [0.25, 0.3) is 0 Å². The lowest BCUT2D eigenvalue weighted by atomic mass is 9.83. The average molecular weight is 262 g/mol. The summed E-state index contributed by atoms with van der Waals surface area (Å²) in [6.07, 6.45) is 0.650. The second-order valence-electron chi connectivity index (χ2n) is 6.46. The molecule has 1 aliphatic heterocycles. The summed E-state index contributed by atoms with van der Waals surface area (Å²) in [6.45, 7) is 12.0. The molecule has 106 valence electrons. The van der Waals surface area contributed by atoms with E-state index in [0.29, 0.717) is 12.2 Å². The quantitative estimate of drug-likeness (QED) is 0.851. The summed E-state index contributed by atoms with van der Waals surface area (Å²) in [5, 5.41) is 0. The van der Waals surface area contributed by atoms with Crippen LogP contribution in [-0.2, 0) is 10.2 Å². The van der Waals surface area contributed by atoms with Crippen molar-refractivity contribution in [2.75, 3.05) is 25.4 Å². The monoisotopic (exact) mass is 262 g/mol. The Balaban J connectivity index is 2.05. The van der Waals surface area contributed by atoms with Gasteiger partial charge in [0.1, 0.15) is 0 Å². The Morgan fingerprint density at radius 3 is 2.21 bits per heavy atom. The molecule has 19 heavy (non-hydrogen) atoms. The zero-order valence-corrected chi connectivity index (χ0v) is 12.5. The average Bonchev–Trinajstić information content (AvgIpc) is 2.27. The molecule has 0 radical (unpaired) electrons. The highest BCUT2D eigenvalue weighted by Crippen LogP contribution is 2.26. The Bertz CT molecular complexity index is 403. The van der Waals surface area contributed by atoms with Crippen LogP contribution in [-0.4, -0.2) is 36.7 Å². The van der Waals surface area contributed by atoms with Crippen molar-refractivity contribution in [3.63, 3.8) is 0 Å². The standard InChI is InChI=1S/C16H26N2O/c1-12-9-18(10-13(2)19-12)11-16(3,4)14-5-7-15(17)8-6-14/h5-8,12-13H,9-11,17H2,1-4H3. The van der Waals surface area contributed by atoms with Gasteiger partial charge in [-0.2, -0.15) is 0 Å². The lowest BCUT2D eigenvalue weighted by molar-refractivity contribution is -0.0719. The van der Waals surface area contributed by atoms with Gasteiger partial charge in [-0.1, -0.05) is 26.0 Å². The predicted octanol–water partition coefficient (Wildman–Crippen LogP) is 2.66. The minimum atomic E-state index is 0.129. The largest absolute Gasteiger partial charge is 0.399 e. The van der Waals surface area contributed by atoms with E-state index in [-0.39, 0.29) is 5.41 Å². The van der Waals surface area contributed by atoms with Crippen LogP contribution in [0.3, 0.4) is 0 Å². The highest BCUT2D eigenvalue weighted by molar-refractivity contribution is 5.41. The first-order valence-electron chi connectivity index (χ1n) is 7.10. The van der Waals surface area contributed by atoms with E-state index >= 15 is 0 Å². The molecule has 0 saturated carbocycles. The molecule has 1 fully saturated rings. The van der Waals surface area contributed by atoms with Crippen molar-refractivity contribution in [1.82, 2.24) is 4.90 Å². The number of hydrogen-bond acceptors (Lipinski definition) is 3. The third-order valence-electron chi connectivity index (χ3n) is 3.81. The molecule has 0 bridgehead atoms. The maximum Gasteiger partial charge on any atom is 0.0678 e. The topological polar surface area (TPSA) is 38.5 Å². The van der Waals surface area contributed by atoms with Gasteiger partial charge in [-0.05, 0) is 31.5 Å². The summed E-state index contributed by atoms with van der Waals surface area (Å²) in [7, 11) is 0. The molecule has 2 atom stereocenters. The minimum Gasteiger partial charge on any atom is -0.399 e. The van der Waals surface area contributed by atoms with E-state index in [1.165, 1.54) is 5.56 Å². The normalized spacial score (nSPS) is 25.5. The van der Waals surface area contributed by atoms with E-state index in [9.17, 15) is 0 Å². The molecule has 1 heterocycles. The van der Waals surface area contributed by atoms with Crippen molar-refractivity contribution in [2.24, 2.45) is 0 Å². The van der Waals surface area contributed by atoms with Crippen molar-refractivity contribution >= 4 is 5.69 Å². The van der Waals surface area contributed by atoms with Gasteiger partial charge in [0.15, 0.2) is 0 Å². The molecule has 1 saturated heterocycles. The van der Waals surface area contributed by atoms with Crippen molar-refractivity contribution in [1.29, 1.82) is 0 Å². The summed E-state index contributed by atoms with van der Waals surface area (Å²) < 4.78 is 5.79. The lowest BCUT2D eigenvalue weighted by Gasteiger charge is -2.40. The third-order valence-corrected chi connectivity index (χ3v) is 3.81. The van der Waals surface area contributed by atoms with E-state index in [1.807, 2.05) is 12.1 Å². The minimum absolute atomic E-state index is 0.129. The van der Waals surface area contributed by atoms with Gasteiger partial charge in [-0.3, -0.25) is 4.90 Å². The van der Waals surface area contributed by atoms with Crippen LogP contribution in [0.1, 0.15) is 33.3 Å². The molecule has 1 aromatic rings. The maximum absolute atomic E-state index is 5.79. The highest BCUT2D eigenvalue weighted by Gasteiger charge is 2.28. The van der Waals surface area contributed by atoms with Crippen LogP contribution in [0.2, 0.25) is 0 Å². The predicted molar refractivity (Wildman–Crippen MR) is 80.3 cm³/mol. The van der Waals surface area contributed by atoms with Crippen molar-refractivity contribution in [3.05, 3.63) is 29.8 Å². The maximum atomic E-state index is 5.79. The Morgan fingerprint density at radius 1 is 1.16 bits per heavy atom. The molecule has 0 aromatic heterocycles. The van der Waals surface area contributed by atoms with Crippen LogP contribution in [0, 0.1) is 0 Å². The van der Waals surface area contributed by atoms with Gasteiger partial charge >= 0.3 is 0 Å². The Hall–Kier alpha value is -1.06. The summed E-state index contributed by atoms with van der Waals surface area (Å²) in [4.78, 5) is 2.51. The number of ether oxygens (including phenoxy) is 1. The van der Waals surface area contributed by atoms with Crippen LogP contribution >= 0.6 is 0 Å². The molecular weight excluding hydrogens is 236 g/mol. The number of rotatable bonds is 3. The van der Waals surface area contributed by atoms with Crippen molar-refractivity contribution in [3.8, 4) is 0 Å². The van der Waals surface area contributed by atoms with E-state index in [0.717, 1.165) is 25.3 Å². The van der Waals surface area contributed by atoms with Crippen LogP contribution in [0.5, 0.6) is 0 Å². The molecule has 1 aliphatic rings. The molecule has 0 amide bonds. The van der Waals surface area contributed by atoms with Crippen LogP contribution < -0.4 is 5.73 Å². The van der Waals surface area contributed by atoms with Crippen molar-refractivity contribution < 1.29 is 4.74 Å². The second kappa shape index (κ2) is 5.51. The molecule has 1 aromatic carbocycles. The lowest BCUT2D eigenvalue weighted by Crippen LogP contribution is -2.49. The van der Waals surface area contributed by atoms with Gasteiger partial charge in [0.2, 0.25) is 0 Å². The van der Waals surface area contributed by atoms with Gasteiger partial charge in [-0.25, -0.2) is 0 Å². The molecule has 2 rings (SSSR count). The fraction of sp³-hybridized carbons (Fsp3) is 0.625. The number of benzene rings is 1. The molecule has 3 heteroatoms. The van der Waals surface area contributed by atoms with E-state index in [2.05, 4.69) is 44.7 Å². The number of nitrogens with two attached hydrogens (primary N) is 1. The summed E-state index contributed by atoms with van der Waals surface area (Å²) in [6, 6.07) is 8.26. The Morgan fingerprint density at radius 2 is 1.68 bits per heavy atom. The number of nitrogen functional groups attached to an aromatic ring is 1. The zero-order chi connectivity index (χ0) is 14.0. The van der Waals surface area contributed by atoms with Gasteiger partial charge in [0.05, 0.1) is 12.2 Å². The Kier molecular flexibility index (Phi) is 4.16. The van der Waals surface area contributed by atoms with Gasteiger partial charge in [0, 0.05) is 30.7 Å². The SMILES string of the molecule is CC1CN(CC(C)(C)c2ccc(N)cc2)CC(C)O1.